The molecule has 1 aromatic rings. The summed E-state index contributed by atoms with van der Waals surface area (Å²) in [7, 11) is 1.42. The molecule has 2 heterocycles. The Morgan fingerprint density at radius 1 is 1.57 bits per heavy atom. The van der Waals surface area contributed by atoms with Gasteiger partial charge < -0.3 is 15.4 Å². The van der Waals surface area contributed by atoms with Gasteiger partial charge in [-0.3, -0.25) is 4.79 Å². The highest BCUT2D eigenvalue weighted by atomic mass is 16.5. The van der Waals surface area contributed by atoms with E-state index in [1.807, 2.05) is 13.0 Å². The number of methoxy groups -OCH3 is 1. The third-order valence-corrected chi connectivity index (χ3v) is 3.83. The molecule has 2 rings (SSSR count). The van der Waals surface area contributed by atoms with Crippen LogP contribution in [0, 0.1) is 12.8 Å². The largest absolute Gasteiger partial charge is 0.469 e. The molecule has 0 saturated carbocycles. The molecule has 0 radical (unpaired) electrons. The van der Waals surface area contributed by atoms with Crippen LogP contribution in [0.1, 0.15) is 24.1 Å². The normalized spacial score (nSPS) is 17.8. The smallest absolute Gasteiger partial charge is 0.305 e. The zero-order chi connectivity index (χ0) is 15.4. The van der Waals surface area contributed by atoms with Gasteiger partial charge in [0.15, 0.2) is 0 Å². The Labute approximate surface area is 125 Å². The van der Waals surface area contributed by atoms with Crippen LogP contribution in [0.5, 0.6) is 0 Å². The second kappa shape index (κ2) is 6.56. The van der Waals surface area contributed by atoms with E-state index in [0.29, 0.717) is 18.8 Å². The molecule has 2 N–H and O–H groups in total. The Morgan fingerprint density at radius 2 is 2.33 bits per heavy atom. The van der Waals surface area contributed by atoms with Gasteiger partial charge in [-0.2, -0.15) is 4.98 Å². The van der Waals surface area contributed by atoms with Crippen molar-refractivity contribution in [2.75, 3.05) is 30.8 Å². The van der Waals surface area contributed by atoms with Crippen molar-refractivity contribution in [2.45, 2.75) is 26.2 Å². The lowest BCUT2D eigenvalue weighted by molar-refractivity contribution is -0.141. The van der Waals surface area contributed by atoms with Gasteiger partial charge in [0, 0.05) is 24.3 Å². The van der Waals surface area contributed by atoms with Gasteiger partial charge in [-0.05, 0) is 25.7 Å². The highest BCUT2D eigenvalue weighted by molar-refractivity contribution is 5.69. The minimum Gasteiger partial charge on any atom is -0.469 e. The fourth-order valence-corrected chi connectivity index (χ4v) is 2.76. The lowest BCUT2D eigenvalue weighted by Crippen LogP contribution is -2.24. The van der Waals surface area contributed by atoms with Gasteiger partial charge in [-0.15, -0.1) is 6.58 Å². The number of nitrogen functional groups attached to an aromatic ring is 1. The summed E-state index contributed by atoms with van der Waals surface area (Å²) in [5.41, 5.74) is 7.72. The molecule has 0 spiro atoms. The summed E-state index contributed by atoms with van der Waals surface area (Å²) < 4.78 is 4.74. The molecule has 1 aromatic heterocycles. The van der Waals surface area contributed by atoms with E-state index in [2.05, 4.69) is 21.4 Å². The van der Waals surface area contributed by atoms with Crippen LogP contribution in [0.25, 0.3) is 0 Å². The van der Waals surface area contributed by atoms with Crippen molar-refractivity contribution in [3.63, 3.8) is 0 Å². The summed E-state index contributed by atoms with van der Waals surface area (Å²) in [6.45, 7) is 7.37. The molecular formula is C15H22N4O2. The van der Waals surface area contributed by atoms with Crippen molar-refractivity contribution in [3.8, 4) is 0 Å². The number of esters is 1. The third kappa shape index (κ3) is 3.51. The van der Waals surface area contributed by atoms with E-state index >= 15 is 0 Å². The first-order valence-corrected chi connectivity index (χ1v) is 7.10. The van der Waals surface area contributed by atoms with Crippen LogP contribution in [0.2, 0.25) is 0 Å². The van der Waals surface area contributed by atoms with Gasteiger partial charge in [0.1, 0.15) is 5.82 Å². The lowest BCUT2D eigenvalue weighted by Gasteiger charge is -2.21. The zero-order valence-electron chi connectivity index (χ0n) is 12.6. The van der Waals surface area contributed by atoms with Crippen LogP contribution in [0.4, 0.5) is 11.8 Å². The van der Waals surface area contributed by atoms with E-state index in [1.54, 1.807) is 0 Å². The Hall–Kier alpha value is -2.11. The number of ether oxygens (including phenoxy) is 1. The monoisotopic (exact) mass is 290 g/mol. The van der Waals surface area contributed by atoms with E-state index in [9.17, 15) is 4.79 Å². The van der Waals surface area contributed by atoms with E-state index in [-0.39, 0.29) is 11.9 Å². The first-order valence-electron chi connectivity index (χ1n) is 7.10. The van der Waals surface area contributed by atoms with E-state index in [0.717, 1.165) is 36.6 Å². The molecule has 0 unspecified atom stereocenters. The van der Waals surface area contributed by atoms with Crippen LogP contribution >= 0.6 is 0 Å². The number of aromatic nitrogens is 2. The molecule has 6 nitrogen and oxygen atoms in total. The van der Waals surface area contributed by atoms with Crippen molar-refractivity contribution in [3.05, 3.63) is 23.9 Å². The molecule has 0 aromatic carbocycles. The molecular weight excluding hydrogens is 268 g/mol. The number of rotatable bonds is 5. The molecule has 1 saturated heterocycles. The highest BCUT2D eigenvalue weighted by Crippen LogP contribution is 2.29. The van der Waals surface area contributed by atoms with Crippen LogP contribution in [-0.2, 0) is 16.0 Å². The fourth-order valence-electron chi connectivity index (χ4n) is 2.76. The first kappa shape index (κ1) is 15.3. The Bertz CT molecular complexity index is 545. The molecule has 21 heavy (non-hydrogen) atoms. The molecule has 1 atom stereocenters. The first-order chi connectivity index (χ1) is 10.0. The summed E-state index contributed by atoms with van der Waals surface area (Å²) in [5.74, 6) is 1.29. The molecule has 0 aliphatic carbocycles. The minimum absolute atomic E-state index is 0.161. The average molecular weight is 290 g/mol. The van der Waals surface area contributed by atoms with Gasteiger partial charge in [0.05, 0.1) is 13.5 Å². The van der Waals surface area contributed by atoms with Crippen molar-refractivity contribution in [1.82, 2.24) is 9.97 Å². The fraction of sp³-hybridized carbons (Fsp3) is 0.533. The SMILES string of the molecule is C=CCc1c(C)nc(N)nc1N1CC[C@H](CC(=O)OC)C1. The summed E-state index contributed by atoms with van der Waals surface area (Å²) in [6, 6.07) is 0. The van der Waals surface area contributed by atoms with Crippen LogP contribution < -0.4 is 10.6 Å². The van der Waals surface area contributed by atoms with Crippen LogP contribution in [0.15, 0.2) is 12.7 Å². The number of nitrogens with two attached hydrogens (primary N) is 1. The number of anilines is 2. The van der Waals surface area contributed by atoms with Crippen molar-refractivity contribution < 1.29 is 9.53 Å². The maximum atomic E-state index is 11.4. The summed E-state index contributed by atoms with van der Waals surface area (Å²) in [6.07, 6.45) is 3.95. The number of allylic oxidation sites excluding steroid dienone is 1. The quantitative estimate of drug-likeness (QED) is 0.653. The molecule has 1 aliphatic rings. The highest BCUT2D eigenvalue weighted by Gasteiger charge is 2.28. The second-order valence-corrected chi connectivity index (χ2v) is 5.34. The van der Waals surface area contributed by atoms with E-state index in [4.69, 9.17) is 10.5 Å². The zero-order valence-corrected chi connectivity index (χ0v) is 12.6. The molecule has 0 bridgehead atoms. The summed E-state index contributed by atoms with van der Waals surface area (Å²) >= 11 is 0. The molecule has 0 amide bonds. The molecule has 1 aliphatic heterocycles. The van der Waals surface area contributed by atoms with Gasteiger partial charge in [-0.1, -0.05) is 6.08 Å². The molecule has 1 fully saturated rings. The lowest BCUT2D eigenvalue weighted by atomic mass is 10.1. The van der Waals surface area contributed by atoms with Gasteiger partial charge in [-0.25, -0.2) is 4.98 Å². The molecule has 6 heteroatoms. The summed E-state index contributed by atoms with van der Waals surface area (Å²) in [4.78, 5) is 22.2. The van der Waals surface area contributed by atoms with E-state index < -0.39 is 0 Å². The Balaban J connectivity index is 2.19. The van der Waals surface area contributed by atoms with Crippen molar-refractivity contribution in [2.24, 2.45) is 5.92 Å². The second-order valence-electron chi connectivity index (χ2n) is 5.34. The minimum atomic E-state index is -0.161. The predicted octanol–water partition coefficient (Wildman–Crippen LogP) is 1.49. The predicted molar refractivity (Wildman–Crippen MR) is 82.0 cm³/mol. The van der Waals surface area contributed by atoms with E-state index in [1.165, 1.54) is 7.11 Å². The topological polar surface area (TPSA) is 81.3 Å². The number of carbonyl (C=O) groups is 1. The third-order valence-electron chi connectivity index (χ3n) is 3.83. The Kier molecular flexibility index (Phi) is 4.77. The Morgan fingerprint density at radius 3 is 3.00 bits per heavy atom. The summed E-state index contributed by atoms with van der Waals surface area (Å²) in [5, 5.41) is 0. The average Bonchev–Trinajstić information content (AvgIpc) is 2.89. The number of hydrogen-bond acceptors (Lipinski definition) is 6. The van der Waals surface area contributed by atoms with Gasteiger partial charge in [0.2, 0.25) is 5.95 Å². The maximum absolute atomic E-state index is 11.4. The number of nitrogens with zero attached hydrogens (tertiary/aromatic N) is 3. The van der Waals surface area contributed by atoms with Crippen LogP contribution in [0.3, 0.4) is 0 Å². The van der Waals surface area contributed by atoms with Gasteiger partial charge in [0.25, 0.3) is 0 Å². The van der Waals surface area contributed by atoms with Crippen molar-refractivity contribution in [1.29, 1.82) is 0 Å². The van der Waals surface area contributed by atoms with Gasteiger partial charge >= 0.3 is 5.97 Å². The number of aryl methyl sites for hydroxylation is 1. The maximum Gasteiger partial charge on any atom is 0.305 e. The van der Waals surface area contributed by atoms with Crippen LogP contribution in [-0.4, -0.2) is 36.1 Å². The molecule has 114 valence electrons. The standard InChI is InChI=1S/C15H22N4O2/c1-4-5-12-10(2)17-15(16)18-14(12)19-7-6-11(9-19)8-13(20)21-3/h4,11H,1,5-9H2,2-3H3,(H2,16,17,18)/t11-/m1/s1. The number of hydrogen-bond donors (Lipinski definition) is 1. The van der Waals surface area contributed by atoms with Crippen molar-refractivity contribution >= 4 is 17.7 Å². The number of carbonyl (C=O) groups excluding carboxylic acids is 1.